The van der Waals surface area contributed by atoms with E-state index in [0.29, 0.717) is 13.0 Å². The lowest BCUT2D eigenvalue weighted by Crippen LogP contribution is -2.46. The molecule has 1 aliphatic carbocycles. The highest BCUT2D eigenvalue weighted by molar-refractivity contribution is 5.94. The van der Waals surface area contributed by atoms with E-state index < -0.39 is 5.41 Å². The summed E-state index contributed by atoms with van der Waals surface area (Å²) in [6.07, 6.45) is 1.89. The third-order valence-electron chi connectivity index (χ3n) is 4.80. The van der Waals surface area contributed by atoms with Crippen molar-refractivity contribution in [3.8, 4) is 0 Å². The van der Waals surface area contributed by atoms with E-state index in [1.807, 2.05) is 27.7 Å². The van der Waals surface area contributed by atoms with E-state index >= 15 is 0 Å². The van der Waals surface area contributed by atoms with Gasteiger partial charge in [0.2, 0.25) is 0 Å². The highest BCUT2D eigenvalue weighted by atomic mass is 16.5. The number of rotatable bonds is 6. The summed E-state index contributed by atoms with van der Waals surface area (Å²) >= 11 is 0. The van der Waals surface area contributed by atoms with E-state index in [2.05, 4.69) is 0 Å². The molecule has 0 aromatic carbocycles. The van der Waals surface area contributed by atoms with Crippen LogP contribution in [0.25, 0.3) is 0 Å². The van der Waals surface area contributed by atoms with Crippen LogP contribution in [0.4, 0.5) is 0 Å². The van der Waals surface area contributed by atoms with Gasteiger partial charge < -0.3 is 4.74 Å². The number of Topliss-reactive ketones (excluding diaryl/α,β-unsaturated/α-hetero) is 2. The molecule has 0 amide bonds. The van der Waals surface area contributed by atoms with Crippen molar-refractivity contribution in [2.24, 2.45) is 23.2 Å². The molecule has 21 heavy (non-hydrogen) atoms. The molecule has 1 saturated carbocycles. The van der Waals surface area contributed by atoms with Gasteiger partial charge >= 0.3 is 5.97 Å². The predicted molar refractivity (Wildman–Crippen MR) is 80.7 cm³/mol. The van der Waals surface area contributed by atoms with Gasteiger partial charge in [-0.25, -0.2) is 0 Å². The van der Waals surface area contributed by atoms with E-state index in [4.69, 9.17) is 4.74 Å². The van der Waals surface area contributed by atoms with Crippen molar-refractivity contribution in [3.63, 3.8) is 0 Å². The summed E-state index contributed by atoms with van der Waals surface area (Å²) in [5, 5.41) is 0. The van der Waals surface area contributed by atoms with Gasteiger partial charge in [-0.3, -0.25) is 14.4 Å². The van der Waals surface area contributed by atoms with Crippen molar-refractivity contribution in [3.05, 3.63) is 0 Å². The van der Waals surface area contributed by atoms with E-state index in [9.17, 15) is 14.4 Å². The minimum Gasteiger partial charge on any atom is -0.466 e. The monoisotopic (exact) mass is 296 g/mol. The molecule has 1 aliphatic rings. The Bertz CT molecular complexity index is 413. The van der Waals surface area contributed by atoms with Crippen molar-refractivity contribution >= 4 is 17.5 Å². The zero-order chi connectivity index (χ0) is 16.2. The SMILES string of the molecule is CCOC(=O)CC(C)C1(C(=O)C(C)C)CC[C@@H](C)C(=O)C1. The average Bonchev–Trinajstić information content (AvgIpc) is 2.41. The van der Waals surface area contributed by atoms with Gasteiger partial charge in [0.25, 0.3) is 0 Å². The van der Waals surface area contributed by atoms with Crippen LogP contribution in [-0.4, -0.2) is 24.1 Å². The molecule has 0 aliphatic heterocycles. The first-order valence-electron chi connectivity index (χ1n) is 7.97. The van der Waals surface area contributed by atoms with Gasteiger partial charge in [-0.05, 0) is 25.7 Å². The zero-order valence-corrected chi connectivity index (χ0v) is 13.9. The number of carbonyl (C=O) groups excluding carboxylic acids is 3. The summed E-state index contributed by atoms with van der Waals surface area (Å²) < 4.78 is 5.00. The fourth-order valence-electron chi connectivity index (χ4n) is 3.32. The van der Waals surface area contributed by atoms with Gasteiger partial charge in [0.1, 0.15) is 11.6 Å². The first kappa shape index (κ1) is 17.9. The average molecular weight is 296 g/mol. The second-order valence-corrected chi connectivity index (χ2v) is 6.67. The minimum atomic E-state index is -0.690. The molecule has 0 aromatic heterocycles. The Kier molecular flexibility index (Phi) is 6.11. The topological polar surface area (TPSA) is 60.4 Å². The van der Waals surface area contributed by atoms with Crippen molar-refractivity contribution in [2.45, 2.75) is 60.3 Å². The minimum absolute atomic E-state index is 0.0212. The molecule has 0 heterocycles. The van der Waals surface area contributed by atoms with Crippen molar-refractivity contribution in [1.29, 1.82) is 0 Å². The fourth-order valence-corrected chi connectivity index (χ4v) is 3.32. The van der Waals surface area contributed by atoms with Crippen LogP contribution in [0, 0.1) is 23.2 Å². The number of hydrogen-bond acceptors (Lipinski definition) is 4. The van der Waals surface area contributed by atoms with Crippen molar-refractivity contribution in [2.75, 3.05) is 6.61 Å². The summed E-state index contributed by atoms with van der Waals surface area (Å²) in [6.45, 7) is 9.66. The Balaban J connectivity index is 3.00. The molecular weight excluding hydrogens is 268 g/mol. The second-order valence-electron chi connectivity index (χ2n) is 6.67. The van der Waals surface area contributed by atoms with E-state index in [0.717, 1.165) is 6.42 Å². The Morgan fingerprint density at radius 3 is 2.43 bits per heavy atom. The molecule has 1 fully saturated rings. The van der Waals surface area contributed by atoms with Crippen LogP contribution in [-0.2, 0) is 19.1 Å². The van der Waals surface area contributed by atoms with Crippen LogP contribution in [0.1, 0.15) is 60.3 Å². The van der Waals surface area contributed by atoms with Gasteiger partial charge in [0.05, 0.1) is 6.61 Å². The third-order valence-corrected chi connectivity index (χ3v) is 4.80. The molecule has 120 valence electrons. The van der Waals surface area contributed by atoms with E-state index in [-0.39, 0.29) is 48.1 Å². The number of esters is 1. The van der Waals surface area contributed by atoms with Gasteiger partial charge in [-0.2, -0.15) is 0 Å². The maximum Gasteiger partial charge on any atom is 0.306 e. The smallest absolute Gasteiger partial charge is 0.306 e. The van der Waals surface area contributed by atoms with Gasteiger partial charge in [0.15, 0.2) is 0 Å². The van der Waals surface area contributed by atoms with Gasteiger partial charge in [-0.15, -0.1) is 0 Å². The summed E-state index contributed by atoms with van der Waals surface area (Å²) in [5.74, 6) is -0.302. The van der Waals surface area contributed by atoms with Crippen LogP contribution in [0.15, 0.2) is 0 Å². The van der Waals surface area contributed by atoms with Crippen LogP contribution in [0.3, 0.4) is 0 Å². The van der Waals surface area contributed by atoms with Crippen LogP contribution >= 0.6 is 0 Å². The largest absolute Gasteiger partial charge is 0.466 e. The lowest BCUT2D eigenvalue weighted by Gasteiger charge is -2.42. The second kappa shape index (κ2) is 7.19. The lowest BCUT2D eigenvalue weighted by molar-refractivity contribution is -0.151. The molecule has 3 atom stereocenters. The summed E-state index contributed by atoms with van der Waals surface area (Å²) in [6, 6.07) is 0. The van der Waals surface area contributed by atoms with Crippen molar-refractivity contribution in [1.82, 2.24) is 0 Å². The highest BCUT2D eigenvalue weighted by Gasteiger charge is 2.49. The molecule has 0 radical (unpaired) electrons. The van der Waals surface area contributed by atoms with Gasteiger partial charge in [-0.1, -0.05) is 27.7 Å². The Hall–Kier alpha value is -1.19. The molecule has 1 rings (SSSR count). The molecule has 0 saturated heterocycles. The fraction of sp³-hybridized carbons (Fsp3) is 0.824. The van der Waals surface area contributed by atoms with Crippen molar-refractivity contribution < 1.29 is 19.1 Å². The maximum absolute atomic E-state index is 12.7. The number of hydrogen-bond donors (Lipinski definition) is 0. The predicted octanol–water partition coefficient (Wildman–Crippen LogP) is 3.18. The molecule has 0 bridgehead atoms. The van der Waals surface area contributed by atoms with Crippen LogP contribution < -0.4 is 0 Å². The van der Waals surface area contributed by atoms with Crippen LogP contribution in [0.2, 0.25) is 0 Å². The Labute approximate surface area is 127 Å². The number of carbonyl (C=O) groups is 3. The van der Waals surface area contributed by atoms with E-state index in [1.54, 1.807) is 6.92 Å². The van der Waals surface area contributed by atoms with Crippen LogP contribution in [0.5, 0.6) is 0 Å². The number of ketones is 2. The highest BCUT2D eigenvalue weighted by Crippen LogP contribution is 2.46. The summed E-state index contributed by atoms with van der Waals surface area (Å²) in [7, 11) is 0. The first-order chi connectivity index (χ1) is 9.74. The lowest BCUT2D eigenvalue weighted by atomic mass is 9.59. The normalized spacial score (nSPS) is 27.5. The van der Waals surface area contributed by atoms with E-state index in [1.165, 1.54) is 0 Å². The maximum atomic E-state index is 12.7. The quantitative estimate of drug-likeness (QED) is 0.706. The Morgan fingerprint density at radius 2 is 1.95 bits per heavy atom. The third kappa shape index (κ3) is 3.92. The zero-order valence-electron chi connectivity index (χ0n) is 13.9. The molecule has 4 nitrogen and oxygen atoms in total. The molecular formula is C17H28O4. The standard InChI is InChI=1S/C17H28O4/c1-6-21-15(19)9-13(5)17(16(20)11(2)3)8-7-12(4)14(18)10-17/h11-13H,6-10H2,1-5H3/t12-,13?,17?/m1/s1. The molecule has 0 N–H and O–H groups in total. The summed E-state index contributed by atoms with van der Waals surface area (Å²) in [4.78, 5) is 36.7. The van der Waals surface area contributed by atoms with Gasteiger partial charge in [0, 0.05) is 30.1 Å². The molecule has 4 heteroatoms. The molecule has 0 spiro atoms. The summed E-state index contributed by atoms with van der Waals surface area (Å²) in [5.41, 5.74) is -0.690. The first-order valence-corrected chi connectivity index (χ1v) is 7.97. The molecule has 0 aromatic rings. The number of ether oxygens (including phenoxy) is 1. The molecule has 2 unspecified atom stereocenters. The Morgan fingerprint density at radius 1 is 1.33 bits per heavy atom.